The van der Waals surface area contributed by atoms with Crippen LogP contribution in [0.25, 0.3) is 109 Å². The van der Waals surface area contributed by atoms with Crippen molar-refractivity contribution in [2.45, 2.75) is 6.92 Å². The first-order chi connectivity index (χ1) is 27.7. The van der Waals surface area contributed by atoms with E-state index < -0.39 is 0 Å². The van der Waals surface area contributed by atoms with Crippen molar-refractivity contribution in [3.8, 4) is 33.9 Å². The molecule has 0 spiro atoms. The van der Waals surface area contributed by atoms with Crippen LogP contribution in [-0.2, 0) is 0 Å². The summed E-state index contributed by atoms with van der Waals surface area (Å²) in [5.74, 6) is 0. The van der Waals surface area contributed by atoms with Crippen LogP contribution in [-0.4, -0.2) is 19.1 Å². The van der Waals surface area contributed by atoms with Gasteiger partial charge in [-0.15, -0.1) is 11.3 Å². The monoisotopic (exact) mass is 732 g/mol. The van der Waals surface area contributed by atoms with Crippen molar-refractivity contribution in [2.24, 2.45) is 0 Å². The van der Waals surface area contributed by atoms with Gasteiger partial charge in [0.25, 0.3) is 0 Å². The Morgan fingerprint density at radius 3 is 1.73 bits per heavy atom. The highest BCUT2D eigenvalue weighted by molar-refractivity contribution is 7.27. The van der Waals surface area contributed by atoms with E-state index in [2.05, 4.69) is 168 Å². The number of aryl methyl sites for hydroxylation is 1. The molecule has 0 bridgehead atoms. The van der Waals surface area contributed by atoms with E-state index in [9.17, 15) is 0 Å². The first kappa shape index (κ1) is 31.3. The van der Waals surface area contributed by atoms with Crippen molar-refractivity contribution in [3.05, 3.63) is 181 Å². The molecule has 0 amide bonds. The van der Waals surface area contributed by atoms with Crippen LogP contribution in [0.4, 0.5) is 0 Å². The average Bonchev–Trinajstić information content (AvgIpc) is 3.92. The molecule has 0 N–H and O–H groups in total. The van der Waals surface area contributed by atoms with Crippen molar-refractivity contribution >= 4 is 86.2 Å². The smallest absolute Gasteiger partial charge is 0.0975 e. The molecule has 4 nitrogen and oxygen atoms in total. The molecule has 12 rings (SSSR count). The highest BCUT2D eigenvalue weighted by atomic mass is 32.1. The minimum absolute atomic E-state index is 0.886. The largest absolute Gasteiger partial charge is 0.309 e. The summed E-state index contributed by atoms with van der Waals surface area (Å²) in [6, 6.07) is 63.0. The van der Waals surface area contributed by atoms with Gasteiger partial charge < -0.3 is 9.13 Å². The van der Waals surface area contributed by atoms with Crippen LogP contribution < -0.4 is 0 Å². The number of fused-ring (bicyclic) bond motifs is 13. The predicted molar refractivity (Wildman–Crippen MR) is 237 cm³/mol. The van der Waals surface area contributed by atoms with Gasteiger partial charge in [0.15, 0.2) is 0 Å². The van der Waals surface area contributed by atoms with E-state index in [-0.39, 0.29) is 0 Å². The van der Waals surface area contributed by atoms with Gasteiger partial charge in [0.05, 0.1) is 49.2 Å². The first-order valence-electron chi connectivity index (χ1n) is 19.0. The fourth-order valence-electron chi connectivity index (χ4n) is 9.04. The zero-order valence-corrected chi connectivity index (χ0v) is 31.3. The molecule has 0 unspecified atom stereocenters. The molecular weight excluding hydrogens is 701 g/mol. The van der Waals surface area contributed by atoms with Gasteiger partial charge in [-0.05, 0) is 67.1 Å². The number of hydrogen-bond donors (Lipinski definition) is 0. The highest BCUT2D eigenvalue weighted by Gasteiger charge is 2.27. The fraction of sp³-hybridized carbons (Fsp3) is 0.0196. The summed E-state index contributed by atoms with van der Waals surface area (Å²) < 4.78 is 7.61. The van der Waals surface area contributed by atoms with E-state index in [0.717, 1.165) is 50.5 Å². The molecule has 0 atom stereocenters. The number of thiophene rings is 1. The summed E-state index contributed by atoms with van der Waals surface area (Å²) >= 11 is 1.90. The van der Waals surface area contributed by atoms with Gasteiger partial charge >= 0.3 is 0 Å². The van der Waals surface area contributed by atoms with E-state index in [1.807, 2.05) is 35.6 Å². The van der Waals surface area contributed by atoms with E-state index in [0.29, 0.717) is 0 Å². The first-order valence-corrected chi connectivity index (χ1v) is 19.8. The lowest BCUT2D eigenvalue weighted by Gasteiger charge is -2.15. The van der Waals surface area contributed by atoms with Crippen LogP contribution in [0, 0.1) is 6.92 Å². The molecule has 12 aromatic rings. The molecule has 0 aliphatic carbocycles. The van der Waals surface area contributed by atoms with Crippen LogP contribution in [0.15, 0.2) is 176 Å². The van der Waals surface area contributed by atoms with E-state index in [4.69, 9.17) is 9.97 Å². The molecule has 0 saturated carbocycles. The summed E-state index contributed by atoms with van der Waals surface area (Å²) in [5, 5.41) is 7.67. The number of nitrogens with zero attached hydrogens (tertiary/aromatic N) is 4. The number of rotatable bonds is 4. The number of para-hydroxylation sites is 5. The maximum absolute atomic E-state index is 5.27. The zero-order chi connectivity index (χ0) is 36.9. The molecule has 8 aromatic carbocycles. The molecule has 4 heterocycles. The molecule has 0 radical (unpaired) electrons. The molecule has 56 heavy (non-hydrogen) atoms. The Morgan fingerprint density at radius 1 is 0.446 bits per heavy atom. The van der Waals surface area contributed by atoms with Crippen molar-refractivity contribution in [1.82, 2.24) is 19.1 Å². The average molecular weight is 733 g/mol. The van der Waals surface area contributed by atoms with Crippen molar-refractivity contribution < 1.29 is 0 Å². The third kappa shape index (κ3) is 4.40. The summed E-state index contributed by atoms with van der Waals surface area (Å²) in [7, 11) is 0. The van der Waals surface area contributed by atoms with Crippen LogP contribution in [0.5, 0.6) is 0 Å². The topological polar surface area (TPSA) is 35.6 Å². The molecule has 5 heteroatoms. The quantitative estimate of drug-likeness (QED) is 0.181. The molecule has 262 valence electrons. The summed E-state index contributed by atoms with van der Waals surface area (Å²) in [6.45, 7) is 2.21. The van der Waals surface area contributed by atoms with Crippen LogP contribution in [0.3, 0.4) is 0 Å². The van der Waals surface area contributed by atoms with Crippen LogP contribution in [0.2, 0.25) is 0 Å². The molecule has 0 saturated heterocycles. The zero-order valence-electron chi connectivity index (χ0n) is 30.4. The molecular formula is C51H32N4S. The Kier molecular flexibility index (Phi) is 6.68. The lowest BCUT2D eigenvalue weighted by atomic mass is 9.99. The van der Waals surface area contributed by atoms with Gasteiger partial charge in [-0.2, -0.15) is 0 Å². The normalized spacial score (nSPS) is 12.0. The van der Waals surface area contributed by atoms with Gasteiger partial charge in [-0.25, -0.2) is 9.97 Å². The van der Waals surface area contributed by atoms with Crippen molar-refractivity contribution in [3.63, 3.8) is 0 Å². The Hall–Kier alpha value is -7.08. The van der Waals surface area contributed by atoms with Crippen LogP contribution in [0.1, 0.15) is 5.56 Å². The van der Waals surface area contributed by atoms with E-state index in [1.165, 1.54) is 63.8 Å². The van der Waals surface area contributed by atoms with Gasteiger partial charge in [0.2, 0.25) is 0 Å². The van der Waals surface area contributed by atoms with E-state index in [1.54, 1.807) is 0 Å². The van der Waals surface area contributed by atoms with Gasteiger partial charge in [-0.1, -0.05) is 121 Å². The summed E-state index contributed by atoms with van der Waals surface area (Å²) in [5.41, 5.74) is 14.0. The standard InChI is InChI=1S/C51H32N4S/c1-31-30-34(28-29-35(31)48-47(32-16-4-2-5-17-32)52-39-23-11-12-24-40(39)53-48)55-41-25-13-8-20-36(41)44-45-38-22-10-15-27-43(38)56-51(45)50-46(49(44)55)37-21-9-14-26-42(37)54(50)33-18-6-3-7-19-33/h2-30H,1H3. The second kappa shape index (κ2) is 12.0. The molecule has 0 aliphatic heterocycles. The fourth-order valence-corrected chi connectivity index (χ4v) is 10.3. The second-order valence-corrected chi connectivity index (χ2v) is 15.6. The minimum atomic E-state index is 0.886. The third-order valence-electron chi connectivity index (χ3n) is 11.4. The summed E-state index contributed by atoms with van der Waals surface area (Å²) in [4.78, 5) is 10.5. The highest BCUT2D eigenvalue weighted by Crippen LogP contribution is 2.51. The van der Waals surface area contributed by atoms with Crippen molar-refractivity contribution in [1.29, 1.82) is 0 Å². The van der Waals surface area contributed by atoms with Gasteiger partial charge in [0.1, 0.15) is 0 Å². The maximum Gasteiger partial charge on any atom is 0.0975 e. The number of aromatic nitrogens is 4. The van der Waals surface area contributed by atoms with Crippen molar-refractivity contribution in [2.75, 3.05) is 0 Å². The number of hydrogen-bond acceptors (Lipinski definition) is 3. The second-order valence-electron chi connectivity index (χ2n) is 14.6. The SMILES string of the molecule is Cc1cc(-n2c3ccccc3c3c4c5ccccc5sc4c4c(c5ccccc5n4-c4ccccc4)c32)ccc1-c1nc2ccccc2nc1-c1ccccc1. The Balaban J connectivity index is 1.22. The Bertz CT molecular complexity index is 3540. The third-order valence-corrected chi connectivity index (χ3v) is 12.6. The Labute approximate surface area is 326 Å². The number of benzene rings is 8. The molecule has 0 aliphatic rings. The summed E-state index contributed by atoms with van der Waals surface area (Å²) in [6.07, 6.45) is 0. The maximum atomic E-state index is 5.27. The predicted octanol–water partition coefficient (Wildman–Crippen LogP) is 13.8. The lowest BCUT2D eigenvalue weighted by molar-refractivity contribution is 1.17. The Morgan fingerprint density at radius 2 is 1.02 bits per heavy atom. The van der Waals surface area contributed by atoms with E-state index >= 15 is 0 Å². The van der Waals surface area contributed by atoms with Gasteiger partial charge in [-0.3, -0.25) is 0 Å². The van der Waals surface area contributed by atoms with Gasteiger partial charge in [0, 0.05) is 59.5 Å². The minimum Gasteiger partial charge on any atom is -0.309 e. The van der Waals surface area contributed by atoms with Crippen LogP contribution >= 0.6 is 11.3 Å². The molecule has 0 fully saturated rings. The molecule has 4 aromatic heterocycles. The lowest BCUT2D eigenvalue weighted by Crippen LogP contribution is -1.99.